The third kappa shape index (κ3) is 4.31. The smallest absolute Gasteiger partial charge is 0.344 e. The van der Waals surface area contributed by atoms with E-state index in [9.17, 15) is 14.4 Å². The zero-order chi connectivity index (χ0) is 22.5. The second-order valence-electron chi connectivity index (χ2n) is 7.28. The number of aromatic nitrogens is 2. The first kappa shape index (κ1) is 21.5. The molecule has 32 heavy (non-hydrogen) atoms. The van der Waals surface area contributed by atoms with Crippen molar-refractivity contribution in [2.24, 2.45) is 0 Å². The number of carbonyl (C=O) groups is 2. The van der Waals surface area contributed by atoms with Crippen LogP contribution in [0.3, 0.4) is 0 Å². The molecule has 0 radical (unpaired) electrons. The van der Waals surface area contributed by atoms with Crippen LogP contribution in [0.5, 0.6) is 0 Å². The Morgan fingerprint density at radius 1 is 0.969 bits per heavy atom. The van der Waals surface area contributed by atoms with Gasteiger partial charge in [-0.05, 0) is 5.56 Å². The van der Waals surface area contributed by atoms with Crippen LogP contribution >= 0.6 is 0 Å². The number of benzene rings is 2. The Hall–Kier alpha value is -3.78. The molecule has 2 aromatic carbocycles. The molecule has 1 fully saturated rings. The molecule has 0 saturated carbocycles. The molecule has 3 aromatic rings. The van der Waals surface area contributed by atoms with Crippen molar-refractivity contribution in [3.63, 3.8) is 0 Å². The van der Waals surface area contributed by atoms with E-state index in [4.69, 9.17) is 9.47 Å². The average molecular weight is 433 g/mol. The predicted octanol–water partition coefficient (Wildman–Crippen LogP) is 2.22. The van der Waals surface area contributed by atoms with Crippen molar-refractivity contribution in [1.29, 1.82) is 0 Å². The summed E-state index contributed by atoms with van der Waals surface area (Å²) in [6.07, 6.45) is 0. The lowest BCUT2D eigenvalue weighted by atomic mass is 9.95. The lowest BCUT2D eigenvalue weighted by molar-refractivity contribution is -0.136. The molecule has 0 spiro atoms. The van der Waals surface area contributed by atoms with Crippen LogP contribution in [-0.2, 0) is 20.8 Å². The maximum Gasteiger partial charge on any atom is 0.344 e. The highest BCUT2D eigenvalue weighted by Gasteiger charge is 2.27. The molecule has 1 aromatic heterocycles. The summed E-state index contributed by atoms with van der Waals surface area (Å²) >= 11 is 0. The van der Waals surface area contributed by atoms with Gasteiger partial charge in [-0.1, -0.05) is 60.7 Å². The van der Waals surface area contributed by atoms with Crippen molar-refractivity contribution in [1.82, 2.24) is 14.7 Å². The summed E-state index contributed by atoms with van der Waals surface area (Å²) in [6.45, 7) is 1.52. The van der Waals surface area contributed by atoms with Gasteiger partial charge in [0.2, 0.25) is 5.91 Å². The van der Waals surface area contributed by atoms with Crippen LogP contribution in [-0.4, -0.2) is 60.0 Å². The number of morpholine rings is 1. The minimum absolute atomic E-state index is 0.151. The number of ether oxygens (including phenoxy) is 2. The van der Waals surface area contributed by atoms with Gasteiger partial charge < -0.3 is 14.4 Å². The van der Waals surface area contributed by atoms with Gasteiger partial charge in [0.25, 0.3) is 5.56 Å². The van der Waals surface area contributed by atoms with Crippen molar-refractivity contribution in [3.05, 3.63) is 76.6 Å². The Balaban J connectivity index is 1.92. The number of rotatable bonds is 5. The van der Waals surface area contributed by atoms with Gasteiger partial charge in [-0.3, -0.25) is 9.59 Å². The van der Waals surface area contributed by atoms with Crippen molar-refractivity contribution in [2.75, 3.05) is 33.4 Å². The first-order chi connectivity index (χ1) is 15.6. The second kappa shape index (κ2) is 9.57. The standard InChI is InChI=1S/C24H23N3O5/c1-31-24(30)21-20(17-8-4-2-5-9-17)22(18-10-6-3-7-11-18)25-27(23(21)29)16-19(28)26-12-14-32-15-13-26/h2-11H,12-16H2,1H3. The second-order valence-corrected chi connectivity index (χ2v) is 7.28. The molecule has 1 aliphatic heterocycles. The zero-order valence-corrected chi connectivity index (χ0v) is 17.7. The summed E-state index contributed by atoms with van der Waals surface area (Å²) in [4.78, 5) is 40.6. The quantitative estimate of drug-likeness (QED) is 0.573. The van der Waals surface area contributed by atoms with Crippen LogP contribution in [0.15, 0.2) is 65.5 Å². The zero-order valence-electron chi connectivity index (χ0n) is 17.7. The first-order valence-corrected chi connectivity index (χ1v) is 10.3. The van der Waals surface area contributed by atoms with E-state index >= 15 is 0 Å². The molecule has 8 heteroatoms. The Morgan fingerprint density at radius 3 is 2.16 bits per heavy atom. The molecule has 8 nitrogen and oxygen atoms in total. The third-order valence-electron chi connectivity index (χ3n) is 5.30. The Labute approximate surface area is 185 Å². The largest absolute Gasteiger partial charge is 0.465 e. The topological polar surface area (TPSA) is 90.7 Å². The number of carbonyl (C=O) groups excluding carboxylic acids is 2. The van der Waals surface area contributed by atoms with Crippen LogP contribution in [0.25, 0.3) is 22.4 Å². The van der Waals surface area contributed by atoms with Crippen LogP contribution in [0.1, 0.15) is 10.4 Å². The molecule has 164 valence electrons. The van der Waals surface area contributed by atoms with Gasteiger partial charge in [0.1, 0.15) is 12.1 Å². The molecule has 0 unspecified atom stereocenters. The molecule has 1 aliphatic rings. The van der Waals surface area contributed by atoms with Crippen LogP contribution in [0.4, 0.5) is 0 Å². The van der Waals surface area contributed by atoms with E-state index in [0.29, 0.717) is 48.7 Å². The SMILES string of the molecule is COC(=O)c1c(-c2ccccc2)c(-c2ccccc2)nn(CC(=O)N2CCOCC2)c1=O. The van der Waals surface area contributed by atoms with Gasteiger partial charge >= 0.3 is 5.97 Å². The monoisotopic (exact) mass is 433 g/mol. The number of esters is 1. The molecule has 0 aliphatic carbocycles. The Morgan fingerprint density at radius 2 is 1.56 bits per heavy atom. The molecule has 1 saturated heterocycles. The Bertz CT molecular complexity index is 1170. The van der Waals surface area contributed by atoms with Crippen LogP contribution in [0.2, 0.25) is 0 Å². The average Bonchev–Trinajstić information content (AvgIpc) is 2.86. The highest BCUT2D eigenvalue weighted by Crippen LogP contribution is 2.32. The van der Waals surface area contributed by atoms with E-state index in [0.717, 1.165) is 4.68 Å². The maximum atomic E-state index is 13.4. The summed E-state index contributed by atoms with van der Waals surface area (Å²) in [7, 11) is 1.22. The van der Waals surface area contributed by atoms with E-state index in [1.165, 1.54) is 7.11 Å². The van der Waals surface area contributed by atoms with Crippen molar-refractivity contribution >= 4 is 11.9 Å². The van der Waals surface area contributed by atoms with Gasteiger partial charge in [0.15, 0.2) is 0 Å². The highest BCUT2D eigenvalue weighted by atomic mass is 16.5. The molecule has 0 bridgehead atoms. The van der Waals surface area contributed by atoms with Gasteiger partial charge in [0, 0.05) is 24.2 Å². The maximum absolute atomic E-state index is 13.4. The van der Waals surface area contributed by atoms with E-state index in [1.807, 2.05) is 48.5 Å². The molecule has 4 rings (SSSR count). The summed E-state index contributed by atoms with van der Waals surface area (Å²) in [5.74, 6) is -1.04. The van der Waals surface area contributed by atoms with Crippen molar-refractivity contribution in [3.8, 4) is 22.4 Å². The number of nitrogens with zero attached hydrogens (tertiary/aromatic N) is 3. The van der Waals surface area contributed by atoms with Gasteiger partial charge in [-0.15, -0.1) is 0 Å². The fourth-order valence-electron chi connectivity index (χ4n) is 3.69. The lowest BCUT2D eigenvalue weighted by Crippen LogP contribution is -2.44. The van der Waals surface area contributed by atoms with E-state index in [2.05, 4.69) is 5.10 Å². The van der Waals surface area contributed by atoms with Crippen LogP contribution in [0, 0.1) is 0 Å². The first-order valence-electron chi connectivity index (χ1n) is 10.3. The molecular formula is C24H23N3O5. The number of methoxy groups -OCH3 is 1. The summed E-state index contributed by atoms with van der Waals surface area (Å²) in [6, 6.07) is 18.3. The van der Waals surface area contributed by atoms with Gasteiger partial charge in [-0.2, -0.15) is 5.10 Å². The molecule has 0 N–H and O–H groups in total. The van der Waals surface area contributed by atoms with Gasteiger partial charge in [-0.25, -0.2) is 9.48 Å². The van der Waals surface area contributed by atoms with E-state index in [1.54, 1.807) is 17.0 Å². The summed E-state index contributed by atoms with van der Waals surface area (Å²) in [5, 5.41) is 4.55. The minimum Gasteiger partial charge on any atom is -0.465 e. The summed E-state index contributed by atoms with van der Waals surface area (Å²) in [5.41, 5.74) is 1.35. The lowest BCUT2D eigenvalue weighted by Gasteiger charge is -2.27. The number of hydrogen-bond donors (Lipinski definition) is 0. The normalized spacial score (nSPS) is 13.6. The fraction of sp³-hybridized carbons (Fsp3) is 0.250. The molecule has 2 heterocycles. The van der Waals surface area contributed by atoms with E-state index < -0.39 is 11.5 Å². The minimum atomic E-state index is -0.777. The van der Waals surface area contributed by atoms with Crippen LogP contribution < -0.4 is 5.56 Å². The molecule has 0 atom stereocenters. The number of amides is 1. The molecule has 1 amide bonds. The Kier molecular flexibility index (Phi) is 6.42. The summed E-state index contributed by atoms with van der Waals surface area (Å²) < 4.78 is 11.3. The molecular weight excluding hydrogens is 410 g/mol. The highest BCUT2D eigenvalue weighted by molar-refractivity contribution is 6.00. The van der Waals surface area contributed by atoms with Crippen molar-refractivity contribution < 1.29 is 19.1 Å². The fourth-order valence-corrected chi connectivity index (χ4v) is 3.69. The van der Waals surface area contributed by atoms with Gasteiger partial charge in [0.05, 0.1) is 26.0 Å². The van der Waals surface area contributed by atoms with Crippen molar-refractivity contribution in [2.45, 2.75) is 6.54 Å². The predicted molar refractivity (Wildman–Crippen MR) is 118 cm³/mol. The third-order valence-corrected chi connectivity index (χ3v) is 5.30. The van der Waals surface area contributed by atoms with E-state index in [-0.39, 0.29) is 18.0 Å². The number of hydrogen-bond acceptors (Lipinski definition) is 6.